The molecule has 0 aromatic heterocycles. The zero-order valence-corrected chi connectivity index (χ0v) is 12.1. The minimum absolute atomic E-state index is 0.244. The molecule has 0 aliphatic carbocycles. The zero-order chi connectivity index (χ0) is 13.4. The van der Waals surface area contributed by atoms with Gasteiger partial charge in [-0.15, -0.1) is 0 Å². The maximum absolute atomic E-state index is 9.34. The molecule has 1 rings (SSSR count). The van der Waals surface area contributed by atoms with E-state index in [0.717, 1.165) is 17.3 Å². The molecule has 0 spiro atoms. The van der Waals surface area contributed by atoms with Crippen LogP contribution < -0.4 is 9.47 Å². The summed E-state index contributed by atoms with van der Waals surface area (Å²) in [6.07, 6.45) is -0.277. The first-order valence-electron chi connectivity index (χ1n) is 6.28. The van der Waals surface area contributed by atoms with Crippen molar-refractivity contribution < 1.29 is 14.6 Å². The first-order chi connectivity index (χ1) is 8.63. The van der Waals surface area contributed by atoms with E-state index in [1.54, 1.807) is 11.8 Å². The number of aliphatic hydroxyl groups excluding tert-OH is 1. The van der Waals surface area contributed by atoms with E-state index in [-0.39, 0.29) is 11.4 Å². The van der Waals surface area contributed by atoms with Crippen LogP contribution in [0, 0.1) is 0 Å². The summed E-state index contributed by atoms with van der Waals surface area (Å²) in [5, 5.41) is 9.59. The highest BCUT2D eigenvalue weighted by molar-refractivity contribution is 7.99. The van der Waals surface area contributed by atoms with Crippen LogP contribution in [0.15, 0.2) is 24.3 Å². The zero-order valence-electron chi connectivity index (χ0n) is 11.3. The summed E-state index contributed by atoms with van der Waals surface area (Å²) in [5.41, 5.74) is 0. The van der Waals surface area contributed by atoms with Crippen molar-refractivity contribution in [2.45, 2.75) is 32.1 Å². The summed E-state index contributed by atoms with van der Waals surface area (Å²) in [6, 6.07) is 7.64. The second kappa shape index (κ2) is 8.27. The summed E-state index contributed by atoms with van der Waals surface area (Å²) in [6.45, 7) is 7.12. The molecule has 2 atom stereocenters. The van der Waals surface area contributed by atoms with Gasteiger partial charge in [0.15, 0.2) is 0 Å². The molecule has 1 aromatic rings. The van der Waals surface area contributed by atoms with E-state index in [4.69, 9.17) is 9.47 Å². The van der Waals surface area contributed by atoms with Gasteiger partial charge in [0.1, 0.15) is 11.5 Å². The maximum Gasteiger partial charge on any atom is 0.119 e. The van der Waals surface area contributed by atoms with Gasteiger partial charge >= 0.3 is 0 Å². The molecule has 18 heavy (non-hydrogen) atoms. The van der Waals surface area contributed by atoms with Gasteiger partial charge in [0.05, 0.1) is 19.3 Å². The van der Waals surface area contributed by atoms with Crippen LogP contribution in [0.2, 0.25) is 0 Å². The highest BCUT2D eigenvalue weighted by atomic mass is 32.2. The van der Waals surface area contributed by atoms with Crippen molar-refractivity contribution in [3.63, 3.8) is 0 Å². The van der Waals surface area contributed by atoms with Crippen molar-refractivity contribution >= 4 is 11.8 Å². The van der Waals surface area contributed by atoms with Crippen molar-refractivity contribution in [1.82, 2.24) is 0 Å². The van der Waals surface area contributed by atoms with Gasteiger partial charge in [-0.1, -0.05) is 6.92 Å². The summed E-state index contributed by atoms with van der Waals surface area (Å²) < 4.78 is 11.0. The van der Waals surface area contributed by atoms with Gasteiger partial charge in [0.25, 0.3) is 0 Å². The predicted molar refractivity (Wildman–Crippen MR) is 76.7 cm³/mol. The Hall–Kier alpha value is -0.870. The first-order valence-corrected chi connectivity index (χ1v) is 7.33. The Labute approximate surface area is 113 Å². The fourth-order valence-corrected chi connectivity index (χ4v) is 2.16. The molecule has 2 unspecified atom stereocenters. The first kappa shape index (κ1) is 15.2. The van der Waals surface area contributed by atoms with Gasteiger partial charge in [-0.25, -0.2) is 0 Å². The van der Waals surface area contributed by atoms with Crippen LogP contribution in [0.3, 0.4) is 0 Å². The molecule has 0 bridgehead atoms. The van der Waals surface area contributed by atoms with Gasteiger partial charge in [-0.2, -0.15) is 11.8 Å². The van der Waals surface area contributed by atoms with Crippen LogP contribution >= 0.6 is 11.8 Å². The van der Waals surface area contributed by atoms with E-state index in [0.29, 0.717) is 13.2 Å². The molecule has 0 saturated carbocycles. The van der Waals surface area contributed by atoms with E-state index in [1.165, 1.54) is 0 Å². The van der Waals surface area contributed by atoms with E-state index < -0.39 is 0 Å². The normalized spacial score (nSPS) is 14.0. The topological polar surface area (TPSA) is 38.7 Å². The molecule has 3 nitrogen and oxygen atoms in total. The minimum Gasteiger partial charge on any atom is -0.494 e. The number of hydrogen-bond donors (Lipinski definition) is 1. The second-order valence-corrected chi connectivity index (χ2v) is 5.55. The Kier molecular flexibility index (Phi) is 6.98. The lowest BCUT2D eigenvalue weighted by atomic mass is 10.3. The molecule has 0 aliphatic heterocycles. The van der Waals surface area contributed by atoms with E-state index in [2.05, 4.69) is 0 Å². The Bertz CT molecular complexity index is 324. The van der Waals surface area contributed by atoms with Crippen LogP contribution in [0.25, 0.3) is 0 Å². The number of rotatable bonds is 8. The molecule has 0 radical (unpaired) electrons. The minimum atomic E-state index is -0.277. The number of thioether (sulfide) groups is 1. The lowest BCUT2D eigenvalue weighted by molar-refractivity contribution is 0.196. The predicted octanol–water partition coefficient (Wildman–Crippen LogP) is 2.97. The molecule has 1 N–H and O–H groups in total. The largest absolute Gasteiger partial charge is 0.494 e. The van der Waals surface area contributed by atoms with Crippen molar-refractivity contribution in [2.75, 3.05) is 19.0 Å². The third-order valence-electron chi connectivity index (χ3n) is 2.55. The van der Waals surface area contributed by atoms with Crippen molar-refractivity contribution in [2.24, 2.45) is 0 Å². The van der Waals surface area contributed by atoms with Gasteiger partial charge in [-0.05, 0) is 38.1 Å². The van der Waals surface area contributed by atoms with Gasteiger partial charge < -0.3 is 14.6 Å². The molecule has 0 saturated heterocycles. The van der Waals surface area contributed by atoms with E-state index in [9.17, 15) is 5.11 Å². The fourth-order valence-electron chi connectivity index (χ4n) is 1.33. The highest BCUT2D eigenvalue weighted by Gasteiger charge is 2.08. The third kappa shape index (κ3) is 5.65. The van der Waals surface area contributed by atoms with Crippen molar-refractivity contribution in [1.29, 1.82) is 0 Å². The van der Waals surface area contributed by atoms with Gasteiger partial charge in [0.2, 0.25) is 0 Å². The Balaban J connectivity index is 2.23. The van der Waals surface area contributed by atoms with Crippen LogP contribution in [0.1, 0.15) is 20.8 Å². The molecule has 1 aromatic carbocycles. The number of ether oxygens (including phenoxy) is 2. The molecule has 0 aliphatic rings. The lowest BCUT2D eigenvalue weighted by Gasteiger charge is -2.14. The fraction of sp³-hybridized carbons (Fsp3) is 0.571. The average molecular weight is 270 g/mol. The molecule has 102 valence electrons. The molecule has 0 heterocycles. The average Bonchev–Trinajstić information content (AvgIpc) is 2.36. The molecular formula is C14H22O3S. The second-order valence-electron chi connectivity index (χ2n) is 4.07. The summed E-state index contributed by atoms with van der Waals surface area (Å²) in [4.78, 5) is 0. The summed E-state index contributed by atoms with van der Waals surface area (Å²) in [5.74, 6) is 2.59. The number of benzene rings is 1. The van der Waals surface area contributed by atoms with Gasteiger partial charge in [0, 0.05) is 11.0 Å². The molecule has 4 heteroatoms. The summed E-state index contributed by atoms with van der Waals surface area (Å²) in [7, 11) is 0. The number of aliphatic hydroxyl groups is 1. The van der Waals surface area contributed by atoms with Gasteiger partial charge in [-0.3, -0.25) is 0 Å². The van der Waals surface area contributed by atoms with E-state index in [1.807, 2.05) is 45.0 Å². The quantitative estimate of drug-likeness (QED) is 0.737. The molecule has 0 fully saturated rings. The van der Waals surface area contributed by atoms with Crippen LogP contribution in [-0.2, 0) is 0 Å². The van der Waals surface area contributed by atoms with Crippen LogP contribution in [0.4, 0.5) is 0 Å². The molecular weight excluding hydrogens is 248 g/mol. The Morgan fingerprint density at radius 1 is 1.11 bits per heavy atom. The monoisotopic (exact) mass is 270 g/mol. The Morgan fingerprint density at radius 3 is 2.17 bits per heavy atom. The standard InChI is InChI=1S/C14H22O3S/c1-4-16-13-5-7-14(8-6-13)17-9-10-18-12(3)11(2)15/h5-8,11-12,15H,4,9-10H2,1-3H3. The SMILES string of the molecule is CCOc1ccc(OCCSC(C)C(C)O)cc1. The number of hydrogen-bond acceptors (Lipinski definition) is 4. The maximum atomic E-state index is 9.34. The van der Waals surface area contributed by atoms with Crippen molar-refractivity contribution in [3.8, 4) is 11.5 Å². The van der Waals surface area contributed by atoms with Crippen molar-refractivity contribution in [3.05, 3.63) is 24.3 Å². The van der Waals surface area contributed by atoms with Crippen LogP contribution in [-0.4, -0.2) is 35.4 Å². The van der Waals surface area contributed by atoms with Crippen LogP contribution in [0.5, 0.6) is 11.5 Å². The smallest absolute Gasteiger partial charge is 0.119 e. The summed E-state index contributed by atoms with van der Waals surface area (Å²) >= 11 is 1.72. The highest BCUT2D eigenvalue weighted by Crippen LogP contribution is 2.18. The Morgan fingerprint density at radius 2 is 1.67 bits per heavy atom. The molecule has 0 amide bonds. The lowest BCUT2D eigenvalue weighted by Crippen LogP contribution is -2.17. The third-order valence-corrected chi connectivity index (χ3v) is 3.87. The van der Waals surface area contributed by atoms with E-state index >= 15 is 0 Å².